The highest BCUT2D eigenvalue weighted by molar-refractivity contribution is 9.10. The maximum absolute atomic E-state index is 10.6. The van der Waals surface area contributed by atoms with Crippen LogP contribution in [0.15, 0.2) is 10.7 Å². The van der Waals surface area contributed by atoms with Crippen molar-refractivity contribution < 1.29 is 5.11 Å². The van der Waals surface area contributed by atoms with Gasteiger partial charge in [0.2, 0.25) is 0 Å². The minimum absolute atomic E-state index is 0.0203. The van der Waals surface area contributed by atoms with Crippen molar-refractivity contribution in [3.8, 4) is 0 Å². The maximum atomic E-state index is 10.6. The monoisotopic (exact) mass is 303 g/mol. The molecule has 1 aromatic rings. The lowest BCUT2D eigenvalue weighted by Crippen LogP contribution is -2.45. The number of halogens is 1. The lowest BCUT2D eigenvalue weighted by molar-refractivity contribution is 0.0405. The Morgan fingerprint density at radius 2 is 2.00 bits per heavy atom. The average molecular weight is 304 g/mol. The standard InChI is InChI=1S/C12H22BrN3O/c1-6-16-10(9(13)7-15-16)12(5,17)8-14-11(2,3)4/h7,14,17H,6,8H2,1-5H3. The molecule has 1 unspecified atom stereocenters. The molecule has 17 heavy (non-hydrogen) atoms. The van der Waals surface area contributed by atoms with Gasteiger partial charge in [-0.05, 0) is 50.5 Å². The Morgan fingerprint density at radius 3 is 2.47 bits per heavy atom. The van der Waals surface area contributed by atoms with E-state index in [0.717, 1.165) is 16.7 Å². The van der Waals surface area contributed by atoms with Crippen molar-refractivity contribution in [2.45, 2.75) is 52.3 Å². The molecule has 0 radical (unpaired) electrons. The summed E-state index contributed by atoms with van der Waals surface area (Å²) in [6.45, 7) is 11.3. The summed E-state index contributed by atoms with van der Waals surface area (Å²) in [5, 5.41) is 18.1. The zero-order valence-electron chi connectivity index (χ0n) is 11.2. The topological polar surface area (TPSA) is 50.1 Å². The van der Waals surface area contributed by atoms with Crippen LogP contribution in [0.1, 0.15) is 40.3 Å². The predicted molar refractivity (Wildman–Crippen MR) is 72.9 cm³/mol. The van der Waals surface area contributed by atoms with Gasteiger partial charge in [-0.1, -0.05) is 0 Å². The molecule has 98 valence electrons. The third kappa shape index (κ3) is 3.79. The molecule has 0 saturated carbocycles. The van der Waals surface area contributed by atoms with E-state index in [9.17, 15) is 5.11 Å². The minimum Gasteiger partial charge on any atom is -0.382 e. The SMILES string of the molecule is CCn1ncc(Br)c1C(C)(O)CNC(C)(C)C. The fourth-order valence-electron chi connectivity index (χ4n) is 1.66. The van der Waals surface area contributed by atoms with Crippen molar-refractivity contribution in [3.05, 3.63) is 16.4 Å². The molecule has 5 heteroatoms. The Kier molecular flexibility index (Phi) is 4.38. The van der Waals surface area contributed by atoms with Gasteiger partial charge in [-0.25, -0.2) is 0 Å². The fraction of sp³-hybridized carbons (Fsp3) is 0.750. The number of hydrogen-bond acceptors (Lipinski definition) is 3. The lowest BCUT2D eigenvalue weighted by Gasteiger charge is -2.30. The number of hydrogen-bond donors (Lipinski definition) is 2. The number of β-amino-alcohol motifs (C(OH)–C–C–N with tert-alkyl or cyclic N) is 1. The molecule has 0 aliphatic heterocycles. The molecule has 1 aromatic heterocycles. The van der Waals surface area contributed by atoms with Gasteiger partial charge in [0.05, 0.1) is 16.4 Å². The number of nitrogens with zero attached hydrogens (tertiary/aromatic N) is 2. The van der Waals surface area contributed by atoms with Gasteiger partial charge in [0.1, 0.15) is 5.60 Å². The molecule has 2 N–H and O–H groups in total. The molecule has 0 spiro atoms. The van der Waals surface area contributed by atoms with Crippen molar-refractivity contribution in [1.29, 1.82) is 0 Å². The van der Waals surface area contributed by atoms with E-state index >= 15 is 0 Å². The molecule has 0 fully saturated rings. The van der Waals surface area contributed by atoms with Crippen LogP contribution in [-0.2, 0) is 12.1 Å². The van der Waals surface area contributed by atoms with Crippen molar-refractivity contribution in [2.24, 2.45) is 0 Å². The number of aromatic nitrogens is 2. The van der Waals surface area contributed by atoms with Crippen molar-refractivity contribution >= 4 is 15.9 Å². The lowest BCUT2D eigenvalue weighted by atomic mass is 10.00. The second kappa shape index (κ2) is 5.08. The number of nitrogens with one attached hydrogen (secondary N) is 1. The van der Waals surface area contributed by atoms with Gasteiger partial charge in [-0.3, -0.25) is 4.68 Å². The zero-order valence-corrected chi connectivity index (χ0v) is 12.8. The van der Waals surface area contributed by atoms with Gasteiger partial charge < -0.3 is 10.4 Å². The molecular formula is C12H22BrN3O. The number of aryl methyl sites for hydroxylation is 1. The van der Waals surface area contributed by atoms with Crippen LogP contribution in [0.4, 0.5) is 0 Å². The molecule has 0 aliphatic rings. The van der Waals surface area contributed by atoms with Crippen molar-refractivity contribution in [2.75, 3.05) is 6.54 Å². The quantitative estimate of drug-likeness (QED) is 0.897. The molecule has 0 amide bonds. The van der Waals surface area contributed by atoms with Gasteiger partial charge in [0, 0.05) is 18.6 Å². The first-order valence-corrected chi connectivity index (χ1v) is 6.66. The number of rotatable bonds is 4. The maximum Gasteiger partial charge on any atom is 0.117 e. The number of aliphatic hydroxyl groups is 1. The van der Waals surface area contributed by atoms with Gasteiger partial charge in [-0.2, -0.15) is 5.10 Å². The summed E-state index contributed by atoms with van der Waals surface area (Å²) in [4.78, 5) is 0. The van der Waals surface area contributed by atoms with E-state index in [0.29, 0.717) is 6.54 Å². The zero-order chi connectivity index (χ0) is 13.3. The van der Waals surface area contributed by atoms with E-state index in [4.69, 9.17) is 0 Å². The third-order valence-corrected chi connectivity index (χ3v) is 3.15. The molecular weight excluding hydrogens is 282 g/mol. The van der Waals surface area contributed by atoms with E-state index in [1.165, 1.54) is 0 Å². The molecule has 0 aliphatic carbocycles. The van der Waals surface area contributed by atoms with E-state index in [-0.39, 0.29) is 5.54 Å². The van der Waals surface area contributed by atoms with E-state index < -0.39 is 5.60 Å². The molecule has 1 atom stereocenters. The third-order valence-electron chi connectivity index (χ3n) is 2.57. The summed E-state index contributed by atoms with van der Waals surface area (Å²) in [5.74, 6) is 0. The largest absolute Gasteiger partial charge is 0.382 e. The first-order chi connectivity index (χ1) is 7.67. The summed E-state index contributed by atoms with van der Waals surface area (Å²) < 4.78 is 2.66. The average Bonchev–Trinajstić information content (AvgIpc) is 2.56. The highest BCUT2D eigenvalue weighted by Gasteiger charge is 2.30. The Hall–Kier alpha value is -0.390. The second-order valence-corrected chi connectivity index (χ2v) is 6.39. The Balaban J connectivity index is 2.92. The highest BCUT2D eigenvalue weighted by Crippen LogP contribution is 2.28. The Labute approximate surface area is 112 Å². The molecule has 1 rings (SSSR count). The van der Waals surface area contributed by atoms with Gasteiger partial charge in [0.15, 0.2) is 0 Å². The van der Waals surface area contributed by atoms with Crippen LogP contribution in [0.2, 0.25) is 0 Å². The summed E-state index contributed by atoms with van der Waals surface area (Å²) in [6.07, 6.45) is 1.73. The summed E-state index contributed by atoms with van der Waals surface area (Å²) in [7, 11) is 0. The summed E-state index contributed by atoms with van der Waals surface area (Å²) in [6, 6.07) is 0. The van der Waals surface area contributed by atoms with Crippen LogP contribution >= 0.6 is 15.9 Å². The van der Waals surface area contributed by atoms with Gasteiger partial charge in [-0.15, -0.1) is 0 Å². The molecule has 0 saturated heterocycles. The van der Waals surface area contributed by atoms with Crippen LogP contribution in [0.3, 0.4) is 0 Å². The van der Waals surface area contributed by atoms with Gasteiger partial charge >= 0.3 is 0 Å². The predicted octanol–water partition coefficient (Wildman–Crippen LogP) is 2.26. The van der Waals surface area contributed by atoms with Crippen LogP contribution < -0.4 is 5.32 Å². The summed E-state index contributed by atoms with van der Waals surface area (Å²) in [5.41, 5.74) is -0.150. The van der Waals surface area contributed by atoms with Crippen LogP contribution in [0, 0.1) is 0 Å². The Bertz CT molecular complexity index is 380. The first kappa shape index (κ1) is 14.7. The molecule has 4 nitrogen and oxygen atoms in total. The van der Waals surface area contributed by atoms with E-state index in [2.05, 4.69) is 47.1 Å². The van der Waals surface area contributed by atoms with Crippen molar-refractivity contribution in [3.63, 3.8) is 0 Å². The van der Waals surface area contributed by atoms with Crippen LogP contribution in [-0.4, -0.2) is 27.0 Å². The first-order valence-electron chi connectivity index (χ1n) is 5.86. The second-order valence-electron chi connectivity index (χ2n) is 5.53. The highest BCUT2D eigenvalue weighted by atomic mass is 79.9. The van der Waals surface area contributed by atoms with Gasteiger partial charge in [0.25, 0.3) is 0 Å². The summed E-state index contributed by atoms with van der Waals surface area (Å²) >= 11 is 3.44. The van der Waals surface area contributed by atoms with Crippen molar-refractivity contribution in [1.82, 2.24) is 15.1 Å². The smallest absolute Gasteiger partial charge is 0.117 e. The van der Waals surface area contributed by atoms with Crippen LogP contribution in [0.5, 0.6) is 0 Å². The van der Waals surface area contributed by atoms with E-state index in [1.807, 2.05) is 11.6 Å². The minimum atomic E-state index is -0.946. The Morgan fingerprint density at radius 1 is 1.41 bits per heavy atom. The normalized spacial score (nSPS) is 15.9. The fourth-order valence-corrected chi connectivity index (χ4v) is 2.38. The molecule has 0 bridgehead atoms. The molecule has 0 aromatic carbocycles. The molecule has 1 heterocycles. The van der Waals surface area contributed by atoms with E-state index in [1.54, 1.807) is 13.1 Å². The van der Waals surface area contributed by atoms with Crippen LogP contribution in [0.25, 0.3) is 0 Å².